The molecular formula is C16H14Cl2N2O. The number of fused-ring (bicyclic) bond motifs is 1. The van der Waals surface area contributed by atoms with Crippen molar-refractivity contribution in [2.45, 2.75) is 6.54 Å². The Morgan fingerprint density at radius 3 is 2.81 bits per heavy atom. The van der Waals surface area contributed by atoms with Gasteiger partial charge in [-0.1, -0.05) is 41.4 Å². The van der Waals surface area contributed by atoms with E-state index in [9.17, 15) is 4.79 Å². The normalized spacial score (nSPS) is 14.5. The standard InChI is InChI=1S/C16H14Cl2N2O/c17-12-5-6-14(18)13(9-12)16(21)20-8-7-19-10-11-3-1-2-4-15(11)20/h1-6,9,19H,7-8,10H2. The second-order valence-electron chi connectivity index (χ2n) is 4.89. The first-order valence-corrected chi connectivity index (χ1v) is 7.48. The Balaban J connectivity index is 2.03. The van der Waals surface area contributed by atoms with Crippen molar-refractivity contribution in [1.82, 2.24) is 5.32 Å². The van der Waals surface area contributed by atoms with Crippen molar-refractivity contribution in [2.75, 3.05) is 18.0 Å². The lowest BCUT2D eigenvalue weighted by atomic mass is 10.1. The summed E-state index contributed by atoms with van der Waals surface area (Å²) in [5.74, 6) is -0.126. The van der Waals surface area contributed by atoms with Gasteiger partial charge in [-0.05, 0) is 29.8 Å². The molecule has 1 heterocycles. The molecule has 0 aromatic heterocycles. The maximum atomic E-state index is 12.8. The van der Waals surface area contributed by atoms with Gasteiger partial charge in [0, 0.05) is 30.3 Å². The summed E-state index contributed by atoms with van der Waals surface area (Å²) >= 11 is 12.1. The number of nitrogens with zero attached hydrogens (tertiary/aromatic N) is 1. The summed E-state index contributed by atoms with van der Waals surface area (Å²) in [6.45, 7) is 2.08. The van der Waals surface area contributed by atoms with E-state index in [-0.39, 0.29) is 5.91 Å². The van der Waals surface area contributed by atoms with E-state index in [1.165, 1.54) is 0 Å². The molecule has 1 aliphatic rings. The highest BCUT2D eigenvalue weighted by Gasteiger charge is 2.23. The third-order valence-corrected chi connectivity index (χ3v) is 4.08. The summed E-state index contributed by atoms with van der Waals surface area (Å²) in [4.78, 5) is 14.6. The SMILES string of the molecule is O=C(c1cc(Cl)ccc1Cl)N1CCNCc2ccccc21. The molecular weight excluding hydrogens is 307 g/mol. The highest BCUT2D eigenvalue weighted by molar-refractivity contribution is 6.36. The molecule has 0 bridgehead atoms. The van der Waals surface area contributed by atoms with Crippen molar-refractivity contribution in [3.05, 3.63) is 63.6 Å². The summed E-state index contributed by atoms with van der Waals surface area (Å²) in [7, 11) is 0. The minimum absolute atomic E-state index is 0.126. The number of nitrogens with one attached hydrogen (secondary N) is 1. The summed E-state index contributed by atoms with van der Waals surface area (Å²) < 4.78 is 0. The van der Waals surface area contributed by atoms with Gasteiger partial charge in [0.25, 0.3) is 5.91 Å². The first-order chi connectivity index (χ1) is 10.2. The van der Waals surface area contributed by atoms with E-state index >= 15 is 0 Å². The van der Waals surface area contributed by atoms with Crippen LogP contribution in [0.4, 0.5) is 5.69 Å². The molecule has 108 valence electrons. The number of hydrogen-bond acceptors (Lipinski definition) is 2. The third kappa shape index (κ3) is 2.91. The molecule has 0 spiro atoms. The monoisotopic (exact) mass is 320 g/mol. The van der Waals surface area contributed by atoms with Gasteiger partial charge in [-0.3, -0.25) is 4.79 Å². The summed E-state index contributed by atoms with van der Waals surface area (Å²) in [6, 6.07) is 12.8. The van der Waals surface area contributed by atoms with Crippen LogP contribution in [0.5, 0.6) is 0 Å². The molecule has 2 aromatic carbocycles. The summed E-state index contributed by atoms with van der Waals surface area (Å²) in [5, 5.41) is 4.23. The number of hydrogen-bond donors (Lipinski definition) is 1. The predicted molar refractivity (Wildman–Crippen MR) is 86.3 cm³/mol. The number of benzene rings is 2. The smallest absolute Gasteiger partial charge is 0.259 e. The quantitative estimate of drug-likeness (QED) is 0.868. The zero-order valence-electron chi connectivity index (χ0n) is 11.3. The maximum absolute atomic E-state index is 12.8. The Kier molecular flexibility index (Phi) is 4.15. The lowest BCUT2D eigenvalue weighted by Crippen LogP contribution is -2.34. The predicted octanol–water partition coefficient (Wildman–Crippen LogP) is 3.74. The Morgan fingerprint density at radius 1 is 1.14 bits per heavy atom. The molecule has 0 saturated heterocycles. The fourth-order valence-corrected chi connectivity index (χ4v) is 2.85. The molecule has 0 aliphatic carbocycles. The van der Waals surface area contributed by atoms with Crippen LogP contribution in [-0.2, 0) is 6.54 Å². The molecule has 0 fully saturated rings. The lowest BCUT2D eigenvalue weighted by molar-refractivity contribution is 0.0987. The topological polar surface area (TPSA) is 32.3 Å². The third-order valence-electron chi connectivity index (χ3n) is 3.51. The number of carbonyl (C=O) groups is 1. The molecule has 3 nitrogen and oxygen atoms in total. The van der Waals surface area contributed by atoms with Crippen molar-refractivity contribution in [3.63, 3.8) is 0 Å². The molecule has 1 amide bonds. The molecule has 1 N–H and O–H groups in total. The van der Waals surface area contributed by atoms with Crippen LogP contribution < -0.4 is 10.2 Å². The number of halogens is 2. The van der Waals surface area contributed by atoms with Gasteiger partial charge in [0.15, 0.2) is 0 Å². The van der Waals surface area contributed by atoms with Crippen LogP contribution >= 0.6 is 23.2 Å². The lowest BCUT2D eigenvalue weighted by Gasteiger charge is -2.23. The largest absolute Gasteiger partial charge is 0.311 e. The average molecular weight is 321 g/mol. The molecule has 1 aliphatic heterocycles. The zero-order chi connectivity index (χ0) is 14.8. The van der Waals surface area contributed by atoms with Gasteiger partial charge in [0.1, 0.15) is 0 Å². The molecule has 0 saturated carbocycles. The van der Waals surface area contributed by atoms with Gasteiger partial charge in [0.05, 0.1) is 10.6 Å². The fraction of sp³-hybridized carbons (Fsp3) is 0.188. The molecule has 0 unspecified atom stereocenters. The van der Waals surface area contributed by atoms with Crippen molar-refractivity contribution >= 4 is 34.8 Å². The van der Waals surface area contributed by atoms with Crippen molar-refractivity contribution in [1.29, 1.82) is 0 Å². The number of anilines is 1. The van der Waals surface area contributed by atoms with Gasteiger partial charge in [-0.25, -0.2) is 0 Å². The van der Waals surface area contributed by atoms with Crippen LogP contribution in [0.1, 0.15) is 15.9 Å². The van der Waals surface area contributed by atoms with Gasteiger partial charge in [0.2, 0.25) is 0 Å². The summed E-state index contributed by atoms with van der Waals surface area (Å²) in [6.07, 6.45) is 0. The number of para-hydroxylation sites is 1. The van der Waals surface area contributed by atoms with Crippen LogP contribution in [0.25, 0.3) is 0 Å². The van der Waals surface area contributed by atoms with Gasteiger partial charge >= 0.3 is 0 Å². The number of amides is 1. The van der Waals surface area contributed by atoms with Crippen molar-refractivity contribution in [3.8, 4) is 0 Å². The highest BCUT2D eigenvalue weighted by Crippen LogP contribution is 2.27. The van der Waals surface area contributed by atoms with Gasteiger partial charge in [-0.2, -0.15) is 0 Å². The number of carbonyl (C=O) groups excluding carboxylic acids is 1. The van der Waals surface area contributed by atoms with E-state index in [1.54, 1.807) is 23.1 Å². The molecule has 2 aromatic rings. The van der Waals surface area contributed by atoms with Crippen LogP contribution in [0.2, 0.25) is 10.0 Å². The average Bonchev–Trinajstić information content (AvgIpc) is 2.71. The second kappa shape index (κ2) is 6.06. The van der Waals surface area contributed by atoms with E-state index in [0.29, 0.717) is 22.2 Å². The van der Waals surface area contributed by atoms with E-state index in [4.69, 9.17) is 23.2 Å². The fourth-order valence-electron chi connectivity index (χ4n) is 2.48. The van der Waals surface area contributed by atoms with Gasteiger partial charge < -0.3 is 10.2 Å². The second-order valence-corrected chi connectivity index (χ2v) is 5.73. The van der Waals surface area contributed by atoms with E-state index in [2.05, 4.69) is 5.32 Å². The first kappa shape index (κ1) is 14.4. The number of rotatable bonds is 1. The molecule has 0 radical (unpaired) electrons. The van der Waals surface area contributed by atoms with E-state index in [0.717, 1.165) is 24.3 Å². The molecule has 3 rings (SSSR count). The highest BCUT2D eigenvalue weighted by atomic mass is 35.5. The van der Waals surface area contributed by atoms with Crippen molar-refractivity contribution in [2.24, 2.45) is 0 Å². The van der Waals surface area contributed by atoms with Crippen molar-refractivity contribution < 1.29 is 4.79 Å². The Hall–Kier alpha value is -1.55. The Bertz CT molecular complexity index is 688. The minimum atomic E-state index is -0.126. The molecule has 21 heavy (non-hydrogen) atoms. The van der Waals surface area contributed by atoms with Gasteiger partial charge in [-0.15, -0.1) is 0 Å². The zero-order valence-corrected chi connectivity index (χ0v) is 12.8. The minimum Gasteiger partial charge on any atom is -0.311 e. The Labute approximate surface area is 133 Å². The van der Waals surface area contributed by atoms with E-state index in [1.807, 2.05) is 24.3 Å². The Morgan fingerprint density at radius 2 is 1.95 bits per heavy atom. The van der Waals surface area contributed by atoms with Crippen LogP contribution in [0.3, 0.4) is 0 Å². The maximum Gasteiger partial charge on any atom is 0.259 e. The molecule has 0 atom stereocenters. The summed E-state index contributed by atoms with van der Waals surface area (Å²) in [5.41, 5.74) is 2.45. The first-order valence-electron chi connectivity index (χ1n) is 6.72. The molecule has 5 heteroatoms. The van der Waals surface area contributed by atoms with Crippen LogP contribution in [-0.4, -0.2) is 19.0 Å². The van der Waals surface area contributed by atoms with Crippen LogP contribution in [0.15, 0.2) is 42.5 Å². The van der Waals surface area contributed by atoms with Crippen LogP contribution in [0, 0.1) is 0 Å². The van der Waals surface area contributed by atoms with E-state index < -0.39 is 0 Å².